The molecule has 0 saturated carbocycles. The van der Waals surface area contributed by atoms with Crippen LogP contribution in [0.5, 0.6) is 5.75 Å². The van der Waals surface area contributed by atoms with Gasteiger partial charge in [-0.2, -0.15) is 0 Å². The second-order valence-electron chi connectivity index (χ2n) is 4.39. The zero-order valence-corrected chi connectivity index (χ0v) is 11.1. The van der Waals surface area contributed by atoms with Gasteiger partial charge in [0.1, 0.15) is 5.75 Å². The molecule has 0 radical (unpaired) electrons. The van der Waals surface area contributed by atoms with Crippen molar-refractivity contribution in [2.45, 2.75) is 6.36 Å². The largest absolute Gasteiger partial charge is 0.573 e. The number of hydrogen-bond donors (Lipinski definition) is 0. The van der Waals surface area contributed by atoms with E-state index < -0.39 is 6.36 Å². The molecule has 114 valence electrons. The van der Waals surface area contributed by atoms with Gasteiger partial charge < -0.3 is 14.4 Å². The summed E-state index contributed by atoms with van der Waals surface area (Å²) in [6.07, 6.45) is -1.76. The molecule has 1 aliphatic heterocycles. The molecule has 2 rings (SSSR count). The van der Waals surface area contributed by atoms with Gasteiger partial charge in [0, 0.05) is 19.2 Å². The van der Waals surface area contributed by atoms with Crippen molar-refractivity contribution in [3.63, 3.8) is 0 Å². The first kappa shape index (κ1) is 15.4. The molecule has 0 atom stereocenters. The highest BCUT2D eigenvalue weighted by Crippen LogP contribution is 2.22. The Morgan fingerprint density at radius 2 is 1.81 bits per heavy atom. The number of alkyl halides is 3. The fraction of sp³-hybridized carbons (Fsp3) is 0.357. The molecule has 7 heteroatoms. The van der Waals surface area contributed by atoms with E-state index in [9.17, 15) is 18.0 Å². The quantitative estimate of drug-likeness (QED) is 0.805. The molecule has 1 aromatic carbocycles. The second kappa shape index (κ2) is 6.62. The molecule has 1 aliphatic rings. The van der Waals surface area contributed by atoms with Crippen molar-refractivity contribution in [2.75, 3.05) is 26.3 Å². The molecular formula is C14H14F3NO3. The lowest BCUT2D eigenvalue weighted by Crippen LogP contribution is -2.39. The standard InChI is InChI=1S/C14H14F3NO3/c15-14(16,17)21-12-4-1-11(2-5-12)3-6-13(19)18-7-9-20-10-8-18/h1-6H,7-10H2. The normalized spacial score (nSPS) is 16.2. The molecule has 0 bridgehead atoms. The van der Waals surface area contributed by atoms with E-state index >= 15 is 0 Å². The van der Waals surface area contributed by atoms with Crippen LogP contribution in [-0.2, 0) is 9.53 Å². The molecule has 1 heterocycles. The maximum absolute atomic E-state index is 12.0. The van der Waals surface area contributed by atoms with Gasteiger partial charge in [-0.3, -0.25) is 4.79 Å². The van der Waals surface area contributed by atoms with Crippen LogP contribution in [0.3, 0.4) is 0 Å². The summed E-state index contributed by atoms with van der Waals surface area (Å²) in [5.74, 6) is -0.437. The molecule has 0 N–H and O–H groups in total. The Balaban J connectivity index is 1.93. The van der Waals surface area contributed by atoms with E-state index in [1.54, 1.807) is 11.0 Å². The van der Waals surface area contributed by atoms with E-state index in [-0.39, 0.29) is 11.7 Å². The van der Waals surface area contributed by atoms with Crippen LogP contribution in [0.1, 0.15) is 5.56 Å². The number of amides is 1. The molecule has 0 spiro atoms. The predicted octanol–water partition coefficient (Wildman–Crippen LogP) is 2.46. The van der Waals surface area contributed by atoms with Gasteiger partial charge in [-0.15, -0.1) is 13.2 Å². The fourth-order valence-electron chi connectivity index (χ4n) is 1.84. The van der Waals surface area contributed by atoms with Crippen LogP contribution in [0, 0.1) is 0 Å². The topological polar surface area (TPSA) is 38.8 Å². The molecule has 21 heavy (non-hydrogen) atoms. The number of morpholine rings is 1. The Morgan fingerprint density at radius 3 is 2.38 bits per heavy atom. The molecular weight excluding hydrogens is 287 g/mol. The minimum absolute atomic E-state index is 0.145. The number of hydrogen-bond acceptors (Lipinski definition) is 3. The van der Waals surface area contributed by atoms with E-state index in [1.807, 2.05) is 0 Å². The zero-order chi connectivity index (χ0) is 15.3. The molecule has 4 nitrogen and oxygen atoms in total. The van der Waals surface area contributed by atoms with E-state index in [0.29, 0.717) is 31.9 Å². The van der Waals surface area contributed by atoms with Gasteiger partial charge in [0.05, 0.1) is 13.2 Å². The lowest BCUT2D eigenvalue weighted by atomic mass is 10.2. The third-order valence-corrected chi connectivity index (χ3v) is 2.85. The first-order chi connectivity index (χ1) is 9.94. The lowest BCUT2D eigenvalue weighted by Gasteiger charge is -2.25. The third-order valence-electron chi connectivity index (χ3n) is 2.85. The lowest BCUT2D eigenvalue weighted by molar-refractivity contribution is -0.274. The molecule has 0 unspecified atom stereocenters. The Bertz CT molecular complexity index is 505. The average Bonchev–Trinajstić information content (AvgIpc) is 2.45. The molecule has 0 aromatic heterocycles. The van der Waals surface area contributed by atoms with Crippen LogP contribution in [0.2, 0.25) is 0 Å². The summed E-state index contributed by atoms with van der Waals surface area (Å²) in [6.45, 7) is 2.12. The highest BCUT2D eigenvalue weighted by atomic mass is 19.4. The van der Waals surface area contributed by atoms with Crippen LogP contribution in [0.25, 0.3) is 6.08 Å². The van der Waals surface area contributed by atoms with Crippen LogP contribution >= 0.6 is 0 Å². The van der Waals surface area contributed by atoms with Crippen molar-refractivity contribution < 1.29 is 27.4 Å². The van der Waals surface area contributed by atoms with Crippen molar-refractivity contribution in [1.29, 1.82) is 0 Å². The summed E-state index contributed by atoms with van der Waals surface area (Å²) >= 11 is 0. The Kier molecular flexibility index (Phi) is 4.85. The number of rotatable bonds is 3. The van der Waals surface area contributed by atoms with Gasteiger partial charge >= 0.3 is 6.36 Å². The summed E-state index contributed by atoms with van der Waals surface area (Å²) in [5, 5.41) is 0. The van der Waals surface area contributed by atoms with Gasteiger partial charge in [-0.05, 0) is 23.8 Å². The van der Waals surface area contributed by atoms with Crippen molar-refractivity contribution in [3.8, 4) is 5.75 Å². The highest BCUT2D eigenvalue weighted by molar-refractivity contribution is 5.91. The maximum atomic E-state index is 12.0. The van der Waals surface area contributed by atoms with E-state index in [1.165, 1.54) is 30.3 Å². The molecule has 1 amide bonds. The fourth-order valence-corrected chi connectivity index (χ4v) is 1.84. The van der Waals surface area contributed by atoms with Crippen LogP contribution < -0.4 is 4.74 Å². The highest BCUT2D eigenvalue weighted by Gasteiger charge is 2.30. The minimum atomic E-state index is -4.70. The number of benzene rings is 1. The number of carbonyl (C=O) groups is 1. The molecule has 1 aromatic rings. The van der Waals surface area contributed by atoms with Gasteiger partial charge in [-0.25, -0.2) is 0 Å². The van der Waals surface area contributed by atoms with Crippen molar-refractivity contribution in [2.24, 2.45) is 0 Å². The summed E-state index contributed by atoms with van der Waals surface area (Å²) in [6, 6.07) is 5.30. The van der Waals surface area contributed by atoms with E-state index in [2.05, 4.69) is 4.74 Å². The Labute approximate surface area is 119 Å². The summed E-state index contributed by atoms with van der Waals surface area (Å²) < 4.78 is 44.9. The number of ether oxygens (including phenoxy) is 2. The average molecular weight is 301 g/mol. The van der Waals surface area contributed by atoms with Crippen LogP contribution in [0.15, 0.2) is 30.3 Å². The number of nitrogens with zero attached hydrogens (tertiary/aromatic N) is 1. The van der Waals surface area contributed by atoms with Gasteiger partial charge in [0.25, 0.3) is 0 Å². The molecule has 1 fully saturated rings. The monoisotopic (exact) mass is 301 g/mol. The first-order valence-electron chi connectivity index (χ1n) is 6.34. The van der Waals surface area contributed by atoms with Crippen molar-refractivity contribution in [3.05, 3.63) is 35.9 Å². The first-order valence-corrected chi connectivity index (χ1v) is 6.34. The summed E-state index contributed by atoms with van der Waals surface area (Å²) in [4.78, 5) is 13.5. The van der Waals surface area contributed by atoms with E-state index in [4.69, 9.17) is 4.74 Å². The number of halogens is 3. The Morgan fingerprint density at radius 1 is 1.19 bits per heavy atom. The smallest absolute Gasteiger partial charge is 0.406 e. The van der Waals surface area contributed by atoms with Crippen molar-refractivity contribution >= 4 is 12.0 Å². The van der Waals surface area contributed by atoms with Crippen LogP contribution in [0.4, 0.5) is 13.2 Å². The zero-order valence-electron chi connectivity index (χ0n) is 11.1. The van der Waals surface area contributed by atoms with Gasteiger partial charge in [-0.1, -0.05) is 12.1 Å². The predicted molar refractivity (Wildman–Crippen MR) is 69.6 cm³/mol. The minimum Gasteiger partial charge on any atom is -0.406 e. The summed E-state index contributed by atoms with van der Waals surface area (Å²) in [7, 11) is 0. The number of carbonyl (C=O) groups excluding carboxylic acids is 1. The Hall–Kier alpha value is -2.02. The summed E-state index contributed by atoms with van der Waals surface area (Å²) in [5.41, 5.74) is 0.617. The van der Waals surface area contributed by atoms with E-state index in [0.717, 1.165) is 0 Å². The molecule has 1 saturated heterocycles. The van der Waals surface area contributed by atoms with Gasteiger partial charge in [0.15, 0.2) is 0 Å². The van der Waals surface area contributed by atoms with Crippen LogP contribution in [-0.4, -0.2) is 43.5 Å². The third kappa shape index (κ3) is 5.11. The maximum Gasteiger partial charge on any atom is 0.573 e. The SMILES string of the molecule is O=C(C=Cc1ccc(OC(F)(F)F)cc1)N1CCOCC1. The second-order valence-corrected chi connectivity index (χ2v) is 4.39. The van der Waals surface area contributed by atoms with Crippen molar-refractivity contribution in [1.82, 2.24) is 4.90 Å². The molecule has 0 aliphatic carbocycles. The van der Waals surface area contributed by atoms with Gasteiger partial charge in [0.2, 0.25) is 5.91 Å².